The third-order valence-corrected chi connectivity index (χ3v) is 4.05. The van der Waals surface area contributed by atoms with Crippen LogP contribution in [0.3, 0.4) is 0 Å². The molecule has 0 aromatic heterocycles. The van der Waals surface area contributed by atoms with E-state index in [1.165, 1.54) is 4.90 Å². The van der Waals surface area contributed by atoms with E-state index in [1.54, 1.807) is 12.1 Å². The van der Waals surface area contributed by atoms with Crippen LogP contribution < -0.4 is 4.72 Å². The molecule has 1 heterocycles. The number of nitrogens with one attached hydrogen (secondary N) is 1. The summed E-state index contributed by atoms with van der Waals surface area (Å²) in [5.74, 6) is 0.177. The van der Waals surface area contributed by atoms with E-state index in [2.05, 4.69) is 4.72 Å². The van der Waals surface area contributed by atoms with Crippen LogP contribution in [0.5, 0.6) is 0 Å². The van der Waals surface area contributed by atoms with Crippen molar-refractivity contribution in [2.45, 2.75) is 18.8 Å². The molecular weight excluding hydrogens is 280 g/mol. The van der Waals surface area contributed by atoms with Crippen molar-refractivity contribution in [3.8, 4) is 0 Å². The van der Waals surface area contributed by atoms with Gasteiger partial charge in [-0.3, -0.25) is 4.72 Å². The van der Waals surface area contributed by atoms with E-state index < -0.39 is 16.1 Å². The maximum absolute atomic E-state index is 11.4. The highest BCUT2D eigenvalue weighted by molar-refractivity contribution is 7.92. The Morgan fingerprint density at radius 1 is 1.30 bits per heavy atom. The summed E-state index contributed by atoms with van der Waals surface area (Å²) in [6, 6.07) is 7.28. The molecule has 1 aliphatic rings. The average Bonchev–Trinajstić information content (AvgIpc) is 2.37. The molecule has 0 atom stereocenters. The van der Waals surface area contributed by atoms with Crippen molar-refractivity contribution in [2.24, 2.45) is 0 Å². The van der Waals surface area contributed by atoms with Gasteiger partial charge >= 0.3 is 6.09 Å². The number of piperidine rings is 1. The van der Waals surface area contributed by atoms with Crippen LogP contribution in [0.1, 0.15) is 24.3 Å². The highest BCUT2D eigenvalue weighted by Gasteiger charge is 2.25. The number of rotatable bonds is 3. The fourth-order valence-corrected chi connectivity index (χ4v) is 3.11. The van der Waals surface area contributed by atoms with Gasteiger partial charge in [0.05, 0.1) is 11.9 Å². The van der Waals surface area contributed by atoms with Gasteiger partial charge in [0.2, 0.25) is 10.0 Å². The Balaban J connectivity index is 2.16. The molecular formula is C13H18N2O4S. The first kappa shape index (κ1) is 14.6. The molecule has 110 valence electrons. The van der Waals surface area contributed by atoms with Crippen molar-refractivity contribution in [1.82, 2.24) is 4.90 Å². The predicted molar refractivity (Wildman–Crippen MR) is 76.5 cm³/mol. The minimum atomic E-state index is -3.32. The van der Waals surface area contributed by atoms with Gasteiger partial charge in [-0.15, -0.1) is 0 Å². The predicted octanol–water partition coefficient (Wildman–Crippen LogP) is 1.92. The van der Waals surface area contributed by atoms with Gasteiger partial charge in [0, 0.05) is 13.1 Å². The number of hydrogen-bond donors (Lipinski definition) is 2. The van der Waals surface area contributed by atoms with E-state index in [-0.39, 0.29) is 5.92 Å². The molecule has 0 bridgehead atoms. The van der Waals surface area contributed by atoms with Gasteiger partial charge in [-0.25, -0.2) is 13.2 Å². The topological polar surface area (TPSA) is 86.7 Å². The van der Waals surface area contributed by atoms with Gasteiger partial charge < -0.3 is 10.0 Å². The minimum absolute atomic E-state index is 0.177. The molecule has 6 nitrogen and oxygen atoms in total. The van der Waals surface area contributed by atoms with Crippen LogP contribution in [0.25, 0.3) is 0 Å². The number of nitrogens with zero attached hydrogens (tertiary/aromatic N) is 1. The minimum Gasteiger partial charge on any atom is -0.465 e. The van der Waals surface area contributed by atoms with E-state index in [0.29, 0.717) is 31.6 Å². The quantitative estimate of drug-likeness (QED) is 0.892. The van der Waals surface area contributed by atoms with Gasteiger partial charge in [0.25, 0.3) is 0 Å². The second kappa shape index (κ2) is 5.70. The molecule has 0 saturated carbocycles. The number of carboxylic acid groups (broad SMARTS) is 1. The van der Waals surface area contributed by atoms with E-state index in [1.807, 2.05) is 12.1 Å². The highest BCUT2D eigenvalue weighted by atomic mass is 32.2. The first-order valence-corrected chi connectivity index (χ1v) is 8.30. The SMILES string of the molecule is CS(=O)(=O)Nc1ccccc1C1CCN(C(=O)O)CC1. The van der Waals surface area contributed by atoms with Crippen LogP contribution in [0, 0.1) is 0 Å². The number of carbonyl (C=O) groups is 1. The number of sulfonamides is 1. The zero-order chi connectivity index (χ0) is 14.8. The number of likely N-dealkylation sites (tertiary alicyclic amines) is 1. The fourth-order valence-electron chi connectivity index (χ4n) is 2.53. The maximum Gasteiger partial charge on any atom is 0.407 e. The normalized spacial score (nSPS) is 16.9. The van der Waals surface area contributed by atoms with Crippen LogP contribution in [0.2, 0.25) is 0 Å². The van der Waals surface area contributed by atoms with Gasteiger partial charge in [-0.05, 0) is 30.4 Å². The standard InChI is InChI=1S/C13H18N2O4S/c1-20(18,19)14-12-5-3-2-4-11(12)10-6-8-15(9-7-10)13(16)17/h2-5,10,14H,6-9H2,1H3,(H,16,17). The third kappa shape index (κ3) is 3.63. The van der Waals surface area contributed by atoms with Crippen LogP contribution in [-0.2, 0) is 10.0 Å². The lowest BCUT2D eigenvalue weighted by molar-refractivity contribution is 0.132. The number of hydrogen-bond acceptors (Lipinski definition) is 3. The van der Waals surface area contributed by atoms with Gasteiger partial charge in [-0.1, -0.05) is 18.2 Å². The summed E-state index contributed by atoms with van der Waals surface area (Å²) in [5.41, 5.74) is 1.52. The summed E-state index contributed by atoms with van der Waals surface area (Å²) in [5, 5.41) is 8.94. The number of benzene rings is 1. The molecule has 1 saturated heterocycles. The van der Waals surface area contributed by atoms with Crippen molar-refractivity contribution in [2.75, 3.05) is 24.1 Å². The summed E-state index contributed by atoms with van der Waals surface area (Å²) >= 11 is 0. The molecule has 1 aromatic rings. The lowest BCUT2D eigenvalue weighted by Gasteiger charge is -2.31. The van der Waals surface area contributed by atoms with E-state index in [9.17, 15) is 13.2 Å². The fraction of sp³-hybridized carbons (Fsp3) is 0.462. The number of amides is 1. The molecule has 0 unspecified atom stereocenters. The second-order valence-corrected chi connectivity index (χ2v) is 6.75. The lowest BCUT2D eigenvalue weighted by atomic mass is 9.88. The summed E-state index contributed by atoms with van der Waals surface area (Å²) in [4.78, 5) is 12.3. The first-order chi connectivity index (χ1) is 9.37. The molecule has 0 radical (unpaired) electrons. The Morgan fingerprint density at radius 2 is 1.90 bits per heavy atom. The van der Waals surface area contributed by atoms with Crippen LogP contribution >= 0.6 is 0 Å². The molecule has 1 aliphatic heterocycles. The second-order valence-electron chi connectivity index (χ2n) is 5.01. The van der Waals surface area contributed by atoms with Crippen LogP contribution in [0.4, 0.5) is 10.5 Å². The molecule has 1 aromatic carbocycles. The van der Waals surface area contributed by atoms with E-state index in [4.69, 9.17) is 5.11 Å². The smallest absolute Gasteiger partial charge is 0.407 e. The third-order valence-electron chi connectivity index (χ3n) is 3.46. The molecule has 1 amide bonds. The van der Waals surface area contributed by atoms with Gasteiger partial charge in [-0.2, -0.15) is 0 Å². The van der Waals surface area contributed by atoms with Gasteiger partial charge in [0.1, 0.15) is 0 Å². The largest absolute Gasteiger partial charge is 0.465 e. The van der Waals surface area contributed by atoms with Crippen molar-refractivity contribution in [3.63, 3.8) is 0 Å². The summed E-state index contributed by atoms with van der Waals surface area (Å²) in [7, 11) is -3.32. The van der Waals surface area contributed by atoms with Crippen LogP contribution in [0.15, 0.2) is 24.3 Å². The highest BCUT2D eigenvalue weighted by Crippen LogP contribution is 2.33. The summed E-state index contributed by atoms with van der Waals surface area (Å²) in [6.07, 6.45) is 1.63. The van der Waals surface area contributed by atoms with Crippen LogP contribution in [-0.4, -0.2) is 43.9 Å². The molecule has 7 heteroatoms. The molecule has 1 fully saturated rings. The molecule has 0 spiro atoms. The Labute approximate surface area is 118 Å². The van der Waals surface area contributed by atoms with Crippen molar-refractivity contribution < 1.29 is 18.3 Å². The molecule has 20 heavy (non-hydrogen) atoms. The molecule has 0 aliphatic carbocycles. The van der Waals surface area contributed by atoms with Gasteiger partial charge in [0.15, 0.2) is 0 Å². The summed E-state index contributed by atoms with van der Waals surface area (Å²) in [6.45, 7) is 0.959. The summed E-state index contributed by atoms with van der Waals surface area (Å²) < 4.78 is 25.3. The maximum atomic E-state index is 11.4. The van der Waals surface area contributed by atoms with E-state index in [0.717, 1.165) is 11.8 Å². The number of anilines is 1. The van der Waals surface area contributed by atoms with E-state index >= 15 is 0 Å². The first-order valence-electron chi connectivity index (χ1n) is 6.41. The monoisotopic (exact) mass is 298 g/mol. The Hall–Kier alpha value is -1.76. The zero-order valence-electron chi connectivity index (χ0n) is 11.2. The molecule has 2 N–H and O–H groups in total. The number of para-hydroxylation sites is 1. The average molecular weight is 298 g/mol. The van der Waals surface area contributed by atoms with Crippen molar-refractivity contribution in [3.05, 3.63) is 29.8 Å². The Morgan fingerprint density at radius 3 is 2.45 bits per heavy atom. The van der Waals surface area contributed by atoms with Crippen molar-refractivity contribution >= 4 is 21.8 Å². The zero-order valence-corrected chi connectivity index (χ0v) is 12.1. The Bertz CT molecular complexity index is 592. The Kier molecular flexibility index (Phi) is 4.17. The lowest BCUT2D eigenvalue weighted by Crippen LogP contribution is -2.36. The van der Waals surface area contributed by atoms with Crippen molar-refractivity contribution in [1.29, 1.82) is 0 Å². The molecule has 2 rings (SSSR count).